The van der Waals surface area contributed by atoms with Gasteiger partial charge in [-0.3, -0.25) is 0 Å². The summed E-state index contributed by atoms with van der Waals surface area (Å²) < 4.78 is 86.0. The maximum atomic E-state index is 9.45. The summed E-state index contributed by atoms with van der Waals surface area (Å²) in [6, 6.07) is 39.1. The lowest BCUT2D eigenvalue weighted by atomic mass is 9.84. The van der Waals surface area contributed by atoms with Gasteiger partial charge in [0.15, 0.2) is 0 Å². The van der Waals surface area contributed by atoms with Crippen molar-refractivity contribution >= 4 is 54.3 Å². The monoisotopic (exact) mass is 631 g/mol. The highest BCUT2D eigenvalue weighted by molar-refractivity contribution is 6.27. The van der Waals surface area contributed by atoms with Gasteiger partial charge in [-0.25, -0.2) is 0 Å². The third kappa shape index (κ3) is 4.40. The summed E-state index contributed by atoms with van der Waals surface area (Å²) >= 11 is 0. The van der Waals surface area contributed by atoms with Crippen LogP contribution in [0.2, 0.25) is 0 Å². The van der Waals surface area contributed by atoms with Gasteiger partial charge >= 0.3 is 0 Å². The standard InChI is InChI=1S/C48H30O/c1-2-11-31(12-3-1)32-21-23-33(24-22-32)34-25-27-36(28-26-34)45-38-15-6-8-17-40(38)46(41-18-9-7-16-39(41)45)42-19-10-20-44-47(42)43-30-29-35-13-4-5-14-37(35)48(43)49-44/h1-30H/i4D,5D,10D,13D,14D,19D,20D,29D,30D. The molecule has 1 heterocycles. The Morgan fingerprint density at radius 1 is 0.367 bits per heavy atom. The van der Waals surface area contributed by atoms with Gasteiger partial charge in [0.1, 0.15) is 11.2 Å². The molecular formula is C48H30O. The molecule has 49 heavy (non-hydrogen) atoms. The van der Waals surface area contributed by atoms with E-state index in [2.05, 4.69) is 60.7 Å². The predicted molar refractivity (Wildman–Crippen MR) is 208 cm³/mol. The largest absolute Gasteiger partial charge is 0.455 e. The van der Waals surface area contributed by atoms with Crippen LogP contribution in [0.3, 0.4) is 0 Å². The van der Waals surface area contributed by atoms with Gasteiger partial charge in [0.2, 0.25) is 0 Å². The third-order valence-corrected chi connectivity index (χ3v) is 9.43. The van der Waals surface area contributed by atoms with Gasteiger partial charge in [0.25, 0.3) is 0 Å². The molecule has 0 saturated heterocycles. The maximum absolute atomic E-state index is 9.45. The quantitative estimate of drug-likeness (QED) is 0.176. The Hall–Kier alpha value is -6.44. The van der Waals surface area contributed by atoms with Crippen LogP contribution in [0, 0.1) is 0 Å². The van der Waals surface area contributed by atoms with Gasteiger partial charge < -0.3 is 4.42 Å². The highest BCUT2D eigenvalue weighted by Crippen LogP contribution is 2.47. The molecule has 0 aliphatic heterocycles. The average Bonchev–Trinajstić information content (AvgIpc) is 3.66. The molecule has 0 atom stereocenters. The van der Waals surface area contributed by atoms with Crippen molar-refractivity contribution in [3.8, 4) is 44.5 Å². The van der Waals surface area contributed by atoms with Gasteiger partial charge in [-0.1, -0.05) is 170 Å². The molecule has 0 spiro atoms. The predicted octanol–water partition coefficient (Wildman–Crippen LogP) is 13.7. The van der Waals surface area contributed by atoms with Gasteiger partial charge in [0.05, 0.1) is 12.3 Å². The first-order chi connectivity index (χ1) is 28.1. The van der Waals surface area contributed by atoms with Crippen LogP contribution in [-0.4, -0.2) is 0 Å². The molecule has 10 rings (SSSR count). The van der Waals surface area contributed by atoms with Crippen LogP contribution in [-0.2, 0) is 0 Å². The van der Waals surface area contributed by atoms with Crippen molar-refractivity contribution in [3.63, 3.8) is 0 Å². The van der Waals surface area contributed by atoms with E-state index in [0.717, 1.165) is 54.9 Å². The van der Waals surface area contributed by atoms with Crippen molar-refractivity contribution in [2.24, 2.45) is 0 Å². The zero-order chi connectivity index (χ0) is 40.1. The van der Waals surface area contributed by atoms with Crippen molar-refractivity contribution in [1.29, 1.82) is 0 Å². The van der Waals surface area contributed by atoms with E-state index in [0.29, 0.717) is 5.56 Å². The molecule has 0 N–H and O–H groups in total. The molecule has 0 fully saturated rings. The van der Waals surface area contributed by atoms with Crippen LogP contribution in [0.1, 0.15) is 12.3 Å². The molecule has 9 aromatic carbocycles. The average molecular weight is 632 g/mol. The molecule has 0 unspecified atom stereocenters. The minimum Gasteiger partial charge on any atom is -0.455 e. The molecule has 10 aromatic rings. The number of benzene rings is 9. The first-order valence-corrected chi connectivity index (χ1v) is 16.1. The molecule has 0 bridgehead atoms. The van der Waals surface area contributed by atoms with Crippen LogP contribution >= 0.6 is 0 Å². The fraction of sp³-hybridized carbons (Fsp3) is 0. The van der Waals surface area contributed by atoms with E-state index >= 15 is 0 Å². The Labute approximate surface area is 297 Å². The highest BCUT2D eigenvalue weighted by Gasteiger charge is 2.20. The smallest absolute Gasteiger partial charge is 0.143 e. The molecule has 1 heteroatoms. The van der Waals surface area contributed by atoms with Crippen LogP contribution < -0.4 is 0 Å². The lowest BCUT2D eigenvalue weighted by Gasteiger charge is -2.18. The SMILES string of the molecule is [2H]c1c([2H])c(-c2c3ccccc3c(-c3ccc(-c4ccc(-c5ccccc5)cc4)cc3)c3ccccc23)c2c(oc3c4c([2H])c([2H])c([2H])c([2H])c4c([2H])c([2H])c32)c1[2H]. The minimum absolute atomic E-state index is 0.0548. The molecule has 228 valence electrons. The zero-order valence-electron chi connectivity index (χ0n) is 35.0. The van der Waals surface area contributed by atoms with E-state index in [4.69, 9.17) is 14.0 Å². The Balaban J connectivity index is 1.24. The minimum atomic E-state index is -0.533. The highest BCUT2D eigenvalue weighted by atomic mass is 16.3. The lowest BCUT2D eigenvalue weighted by molar-refractivity contribution is 0.673. The summed E-state index contributed by atoms with van der Waals surface area (Å²) in [5.74, 6) is 0. The van der Waals surface area contributed by atoms with Crippen molar-refractivity contribution < 1.29 is 16.8 Å². The van der Waals surface area contributed by atoms with E-state index in [1.54, 1.807) is 0 Å². The molecule has 0 radical (unpaired) electrons. The topological polar surface area (TPSA) is 13.1 Å². The summed E-state index contributed by atoms with van der Waals surface area (Å²) in [6.07, 6.45) is 0. The van der Waals surface area contributed by atoms with Crippen molar-refractivity contribution in [1.82, 2.24) is 0 Å². The first-order valence-electron chi connectivity index (χ1n) is 20.6. The molecule has 0 aliphatic carbocycles. The molecule has 1 aromatic heterocycles. The van der Waals surface area contributed by atoms with Crippen LogP contribution in [0.4, 0.5) is 0 Å². The number of furan rings is 1. The molecule has 0 saturated carbocycles. The normalized spacial score (nSPS) is 14.2. The van der Waals surface area contributed by atoms with Crippen molar-refractivity contribution in [3.05, 3.63) is 182 Å². The first kappa shape index (κ1) is 20.0. The van der Waals surface area contributed by atoms with Crippen molar-refractivity contribution in [2.45, 2.75) is 0 Å². The van der Waals surface area contributed by atoms with E-state index in [9.17, 15) is 2.74 Å². The summed E-state index contributed by atoms with van der Waals surface area (Å²) in [5, 5.41) is 3.27. The number of fused-ring (bicyclic) bond motifs is 7. The maximum Gasteiger partial charge on any atom is 0.143 e. The second-order valence-electron chi connectivity index (χ2n) is 12.1. The van der Waals surface area contributed by atoms with E-state index in [1.165, 1.54) is 0 Å². The number of hydrogen-bond acceptors (Lipinski definition) is 1. The fourth-order valence-corrected chi connectivity index (χ4v) is 7.18. The summed E-state index contributed by atoms with van der Waals surface area (Å²) in [5.41, 5.74) is 7.07. The lowest BCUT2D eigenvalue weighted by Crippen LogP contribution is -1.91. The Morgan fingerprint density at radius 3 is 1.53 bits per heavy atom. The Morgan fingerprint density at radius 2 is 0.898 bits per heavy atom. The summed E-state index contributed by atoms with van der Waals surface area (Å²) in [7, 11) is 0. The fourth-order valence-electron chi connectivity index (χ4n) is 7.18. The van der Waals surface area contributed by atoms with Gasteiger partial charge in [-0.05, 0) is 83.5 Å². The molecule has 0 amide bonds. The zero-order valence-corrected chi connectivity index (χ0v) is 26.0. The Kier molecular flexibility index (Phi) is 4.53. The van der Waals surface area contributed by atoms with Crippen LogP contribution in [0.15, 0.2) is 186 Å². The second-order valence-corrected chi connectivity index (χ2v) is 12.1. The van der Waals surface area contributed by atoms with E-state index in [1.807, 2.05) is 66.7 Å². The number of hydrogen-bond donors (Lipinski definition) is 0. The molecule has 1 nitrogen and oxygen atoms in total. The summed E-state index contributed by atoms with van der Waals surface area (Å²) in [6.45, 7) is 0. The number of rotatable bonds is 4. The van der Waals surface area contributed by atoms with Gasteiger partial charge in [0, 0.05) is 16.2 Å². The van der Waals surface area contributed by atoms with E-state index < -0.39 is 36.3 Å². The van der Waals surface area contributed by atoms with Crippen LogP contribution in [0.25, 0.3) is 98.8 Å². The second kappa shape index (κ2) is 11.1. The Bertz CT molecular complexity index is 3300. The summed E-state index contributed by atoms with van der Waals surface area (Å²) in [4.78, 5) is 0. The molecule has 0 aliphatic rings. The molecular weight excluding hydrogens is 593 g/mol. The van der Waals surface area contributed by atoms with Crippen molar-refractivity contribution in [2.75, 3.05) is 0 Å². The third-order valence-electron chi connectivity index (χ3n) is 9.43. The van der Waals surface area contributed by atoms with E-state index in [-0.39, 0.29) is 56.4 Å². The van der Waals surface area contributed by atoms with Gasteiger partial charge in [-0.2, -0.15) is 0 Å². The van der Waals surface area contributed by atoms with Crippen LogP contribution in [0.5, 0.6) is 0 Å². The van der Waals surface area contributed by atoms with Gasteiger partial charge in [-0.15, -0.1) is 0 Å².